The molecule has 0 aliphatic heterocycles. The Bertz CT molecular complexity index is 987. The molecule has 3 rings (SSSR count). The van der Waals surface area contributed by atoms with Gasteiger partial charge < -0.3 is 9.64 Å². The summed E-state index contributed by atoms with van der Waals surface area (Å²) in [5.74, 6) is 0.651. The Labute approximate surface area is 182 Å². The zero-order valence-corrected chi connectivity index (χ0v) is 19.2. The van der Waals surface area contributed by atoms with Gasteiger partial charge in [-0.3, -0.25) is 9.69 Å². The normalized spacial score (nSPS) is 10.8. The Morgan fingerprint density at radius 2 is 1.76 bits per heavy atom. The predicted octanol–water partition coefficient (Wildman–Crippen LogP) is 4.62. The molecule has 7 heteroatoms. The molecule has 0 atom stereocenters. The van der Waals surface area contributed by atoms with Gasteiger partial charge in [-0.1, -0.05) is 35.6 Å². The van der Waals surface area contributed by atoms with Crippen molar-refractivity contribution in [2.45, 2.75) is 20.8 Å². The van der Waals surface area contributed by atoms with Crippen LogP contribution in [0.2, 0.25) is 0 Å². The third-order valence-electron chi connectivity index (χ3n) is 4.82. The van der Waals surface area contributed by atoms with Crippen LogP contribution in [0.1, 0.15) is 16.7 Å². The maximum atomic E-state index is 13.0. The molecule has 0 N–H and O–H groups in total. The highest BCUT2D eigenvalue weighted by Gasteiger charge is 2.21. The van der Waals surface area contributed by atoms with Crippen LogP contribution in [0.3, 0.4) is 0 Å². The molecule has 1 heterocycles. The molecule has 156 valence electrons. The lowest BCUT2D eigenvalue weighted by atomic mass is 10.1. The van der Waals surface area contributed by atoms with E-state index in [0.29, 0.717) is 6.54 Å². The van der Waals surface area contributed by atoms with Crippen molar-refractivity contribution in [1.29, 1.82) is 0 Å². The Morgan fingerprint density at radius 1 is 1.03 bits per heavy atom. The Kier molecular flexibility index (Phi) is 8.02. The van der Waals surface area contributed by atoms with Crippen LogP contribution in [0.15, 0.2) is 36.4 Å². The second kappa shape index (κ2) is 10.1. The standard InChI is InChI=1S/C22H27N3O2S.ClH/c1-15-10-11-19-21(17(15)3)23-22(28-19)25(13-12-24(4)5)20(26)14-27-18-9-7-6-8-16(18)2;/h6-11H,12-14H2,1-5H3;1H. The Balaban J connectivity index is 0.00000300. The topological polar surface area (TPSA) is 45.7 Å². The summed E-state index contributed by atoms with van der Waals surface area (Å²) in [6, 6.07) is 11.9. The van der Waals surface area contributed by atoms with E-state index in [1.54, 1.807) is 16.2 Å². The summed E-state index contributed by atoms with van der Waals surface area (Å²) < 4.78 is 6.89. The van der Waals surface area contributed by atoms with Crippen molar-refractivity contribution in [2.24, 2.45) is 0 Å². The van der Waals surface area contributed by atoms with Crippen LogP contribution in [0.25, 0.3) is 10.2 Å². The molecule has 0 bridgehead atoms. The fourth-order valence-electron chi connectivity index (χ4n) is 2.89. The third-order valence-corrected chi connectivity index (χ3v) is 5.86. The van der Waals surface area contributed by atoms with Crippen LogP contribution in [0.5, 0.6) is 5.75 Å². The van der Waals surface area contributed by atoms with Gasteiger partial charge in [0.25, 0.3) is 5.91 Å². The monoisotopic (exact) mass is 433 g/mol. The van der Waals surface area contributed by atoms with Crippen molar-refractivity contribution in [3.05, 3.63) is 53.1 Å². The van der Waals surface area contributed by atoms with Crippen molar-refractivity contribution >= 4 is 45.0 Å². The van der Waals surface area contributed by atoms with Crippen LogP contribution in [-0.4, -0.2) is 49.6 Å². The van der Waals surface area contributed by atoms with Gasteiger partial charge in [-0.2, -0.15) is 0 Å². The van der Waals surface area contributed by atoms with Crippen molar-refractivity contribution in [3.63, 3.8) is 0 Å². The summed E-state index contributed by atoms with van der Waals surface area (Å²) in [4.78, 5) is 21.6. The molecule has 0 fully saturated rings. The van der Waals surface area contributed by atoms with Gasteiger partial charge in [0.1, 0.15) is 5.75 Å². The number of hydrogen-bond donors (Lipinski definition) is 0. The van der Waals surface area contributed by atoms with Crippen molar-refractivity contribution in [1.82, 2.24) is 9.88 Å². The van der Waals surface area contributed by atoms with Crippen LogP contribution >= 0.6 is 23.7 Å². The number of nitrogens with zero attached hydrogens (tertiary/aromatic N) is 3. The lowest BCUT2D eigenvalue weighted by Crippen LogP contribution is -2.39. The summed E-state index contributed by atoms with van der Waals surface area (Å²) in [5.41, 5.74) is 4.36. The molecule has 1 amide bonds. The van der Waals surface area contributed by atoms with Gasteiger partial charge in [0.2, 0.25) is 0 Å². The smallest absolute Gasteiger partial charge is 0.266 e. The number of fused-ring (bicyclic) bond motifs is 1. The summed E-state index contributed by atoms with van der Waals surface area (Å²) >= 11 is 1.55. The van der Waals surface area contributed by atoms with Gasteiger partial charge in [-0.05, 0) is 63.7 Å². The zero-order valence-electron chi connectivity index (χ0n) is 17.6. The van der Waals surface area contributed by atoms with Crippen LogP contribution in [0, 0.1) is 20.8 Å². The number of halogens is 1. The van der Waals surface area contributed by atoms with E-state index in [1.807, 2.05) is 45.3 Å². The first-order valence-corrected chi connectivity index (χ1v) is 10.2. The van der Waals surface area contributed by atoms with Gasteiger partial charge in [0.05, 0.1) is 10.2 Å². The lowest BCUT2D eigenvalue weighted by Gasteiger charge is -2.22. The molecule has 0 aliphatic carbocycles. The number of para-hydroxylation sites is 1. The van der Waals surface area contributed by atoms with Gasteiger partial charge >= 0.3 is 0 Å². The number of carbonyl (C=O) groups is 1. The zero-order chi connectivity index (χ0) is 20.3. The highest BCUT2D eigenvalue weighted by Crippen LogP contribution is 2.32. The number of ether oxygens (including phenoxy) is 1. The molecular weight excluding hydrogens is 406 g/mol. The second-order valence-corrected chi connectivity index (χ2v) is 8.26. The average Bonchev–Trinajstić information content (AvgIpc) is 3.09. The maximum Gasteiger partial charge on any atom is 0.266 e. The molecular formula is C22H28ClN3O2S. The van der Waals surface area contributed by atoms with E-state index in [2.05, 4.69) is 30.9 Å². The fraction of sp³-hybridized carbons (Fsp3) is 0.364. The van der Waals surface area contributed by atoms with E-state index >= 15 is 0 Å². The minimum Gasteiger partial charge on any atom is -0.483 e. The number of rotatable bonds is 7. The van der Waals surface area contributed by atoms with E-state index < -0.39 is 0 Å². The van der Waals surface area contributed by atoms with Crippen molar-refractivity contribution in [3.8, 4) is 5.75 Å². The first-order chi connectivity index (χ1) is 13.4. The minimum atomic E-state index is -0.0847. The van der Waals surface area contributed by atoms with Gasteiger partial charge in [0.15, 0.2) is 11.7 Å². The summed E-state index contributed by atoms with van der Waals surface area (Å²) in [5, 5.41) is 0.726. The highest BCUT2D eigenvalue weighted by molar-refractivity contribution is 7.22. The van der Waals surface area contributed by atoms with E-state index in [-0.39, 0.29) is 24.9 Å². The van der Waals surface area contributed by atoms with E-state index in [1.165, 1.54) is 5.56 Å². The molecule has 0 aliphatic rings. The van der Waals surface area contributed by atoms with Crippen molar-refractivity contribution < 1.29 is 9.53 Å². The SMILES string of the molecule is Cc1ccccc1OCC(=O)N(CCN(C)C)c1nc2c(C)c(C)ccc2s1.Cl. The van der Waals surface area contributed by atoms with E-state index in [9.17, 15) is 4.79 Å². The van der Waals surface area contributed by atoms with Crippen LogP contribution < -0.4 is 9.64 Å². The molecule has 0 spiro atoms. The minimum absolute atomic E-state index is 0. The van der Waals surface area contributed by atoms with Crippen LogP contribution in [-0.2, 0) is 4.79 Å². The average molecular weight is 434 g/mol. The number of likely N-dealkylation sites (N-methyl/N-ethyl adjacent to an activating group) is 1. The maximum absolute atomic E-state index is 13.0. The molecule has 0 saturated carbocycles. The van der Waals surface area contributed by atoms with E-state index in [4.69, 9.17) is 9.72 Å². The molecule has 3 aromatic rings. The molecule has 0 unspecified atom stereocenters. The number of carbonyl (C=O) groups excluding carboxylic acids is 1. The van der Waals surface area contributed by atoms with Gasteiger partial charge in [0, 0.05) is 13.1 Å². The molecule has 2 aromatic carbocycles. The number of anilines is 1. The molecule has 0 radical (unpaired) electrons. The summed E-state index contributed by atoms with van der Waals surface area (Å²) in [6.07, 6.45) is 0. The largest absolute Gasteiger partial charge is 0.483 e. The number of benzene rings is 2. The summed E-state index contributed by atoms with van der Waals surface area (Å²) in [7, 11) is 4.00. The summed E-state index contributed by atoms with van der Waals surface area (Å²) in [6.45, 7) is 7.45. The number of aryl methyl sites for hydroxylation is 3. The predicted molar refractivity (Wildman–Crippen MR) is 124 cm³/mol. The van der Waals surface area contributed by atoms with Crippen LogP contribution in [0.4, 0.5) is 5.13 Å². The third kappa shape index (κ3) is 5.47. The molecule has 29 heavy (non-hydrogen) atoms. The number of amides is 1. The fourth-order valence-corrected chi connectivity index (χ4v) is 3.96. The first kappa shape index (κ1) is 23.1. The molecule has 5 nitrogen and oxygen atoms in total. The number of hydrogen-bond acceptors (Lipinski definition) is 5. The molecule has 1 aromatic heterocycles. The Morgan fingerprint density at radius 3 is 2.45 bits per heavy atom. The first-order valence-electron chi connectivity index (χ1n) is 9.37. The lowest BCUT2D eigenvalue weighted by molar-refractivity contribution is -0.120. The Hall–Kier alpha value is -2.15. The second-order valence-electron chi connectivity index (χ2n) is 7.25. The van der Waals surface area contributed by atoms with Gasteiger partial charge in [-0.15, -0.1) is 12.4 Å². The molecule has 0 saturated heterocycles. The van der Waals surface area contributed by atoms with Crippen molar-refractivity contribution in [2.75, 3.05) is 38.7 Å². The quantitative estimate of drug-likeness (QED) is 0.545. The highest BCUT2D eigenvalue weighted by atomic mass is 35.5. The number of thiazole rings is 1. The van der Waals surface area contributed by atoms with E-state index in [0.717, 1.165) is 38.8 Å². The number of aromatic nitrogens is 1. The van der Waals surface area contributed by atoms with Gasteiger partial charge in [-0.25, -0.2) is 4.98 Å².